The lowest BCUT2D eigenvalue weighted by molar-refractivity contribution is -0.141. The van der Waals surface area contributed by atoms with E-state index in [1.54, 1.807) is 17.0 Å². The first-order valence-corrected chi connectivity index (χ1v) is 8.77. The predicted octanol–water partition coefficient (Wildman–Crippen LogP) is 3.65. The van der Waals surface area contributed by atoms with E-state index in [0.717, 1.165) is 18.4 Å². The van der Waals surface area contributed by atoms with E-state index >= 15 is 0 Å². The molecule has 0 saturated carbocycles. The number of hydrogen-bond donors (Lipinski definition) is 1. The average molecular weight is 336 g/mol. The van der Waals surface area contributed by atoms with Gasteiger partial charge in [-0.3, -0.25) is 9.59 Å². The zero-order valence-corrected chi connectivity index (χ0v) is 15.1. The molecule has 0 fully saturated rings. The highest BCUT2D eigenvalue weighted by Crippen LogP contribution is 2.15. The molecule has 0 saturated heterocycles. The molecule has 2 amide bonds. The molecule has 0 heterocycles. The van der Waals surface area contributed by atoms with Crippen LogP contribution in [0.1, 0.15) is 58.9 Å². The van der Waals surface area contributed by atoms with Crippen LogP contribution in [0.25, 0.3) is 0 Å². The highest BCUT2D eigenvalue weighted by molar-refractivity contribution is 5.87. The van der Waals surface area contributed by atoms with Gasteiger partial charge in [-0.15, -0.1) is 0 Å². The SMILES string of the molecule is CCCC(=O)N(Cc1ccc(F)cc1)[C@@H](CC)C(=O)N[C@H](C)CC. The normalized spacial score (nSPS) is 13.2. The molecule has 0 aromatic heterocycles. The van der Waals surface area contributed by atoms with Gasteiger partial charge in [0.1, 0.15) is 11.9 Å². The van der Waals surface area contributed by atoms with Gasteiger partial charge >= 0.3 is 0 Å². The van der Waals surface area contributed by atoms with E-state index in [2.05, 4.69) is 5.32 Å². The maximum absolute atomic E-state index is 13.1. The summed E-state index contributed by atoms with van der Waals surface area (Å²) in [6.45, 7) is 8.10. The number of carbonyl (C=O) groups is 2. The average Bonchev–Trinajstić information content (AvgIpc) is 2.56. The van der Waals surface area contributed by atoms with E-state index in [4.69, 9.17) is 0 Å². The molecule has 4 nitrogen and oxygen atoms in total. The molecule has 1 rings (SSSR count). The molecule has 1 aromatic rings. The molecule has 0 bridgehead atoms. The van der Waals surface area contributed by atoms with Gasteiger partial charge in [0.05, 0.1) is 0 Å². The Hall–Kier alpha value is -1.91. The Bertz CT molecular complexity index is 531. The monoisotopic (exact) mass is 336 g/mol. The number of carbonyl (C=O) groups excluding carboxylic acids is 2. The van der Waals surface area contributed by atoms with Crippen LogP contribution in [0.2, 0.25) is 0 Å². The Balaban J connectivity index is 2.98. The Kier molecular flexibility index (Phi) is 8.44. The van der Waals surface area contributed by atoms with Crippen LogP contribution >= 0.6 is 0 Å². The lowest BCUT2D eigenvalue weighted by Gasteiger charge is -2.31. The summed E-state index contributed by atoms with van der Waals surface area (Å²) >= 11 is 0. The first-order chi connectivity index (χ1) is 11.4. The highest BCUT2D eigenvalue weighted by Gasteiger charge is 2.28. The minimum atomic E-state index is -0.511. The van der Waals surface area contributed by atoms with Crippen molar-refractivity contribution in [2.24, 2.45) is 0 Å². The van der Waals surface area contributed by atoms with Crippen molar-refractivity contribution in [2.75, 3.05) is 0 Å². The molecular formula is C19H29FN2O2. The Morgan fingerprint density at radius 1 is 1.12 bits per heavy atom. The molecule has 0 aliphatic carbocycles. The van der Waals surface area contributed by atoms with Crippen molar-refractivity contribution in [3.63, 3.8) is 0 Å². The van der Waals surface area contributed by atoms with E-state index in [9.17, 15) is 14.0 Å². The third-order valence-electron chi connectivity index (χ3n) is 4.12. The lowest BCUT2D eigenvalue weighted by atomic mass is 10.1. The largest absolute Gasteiger partial charge is 0.352 e. The quantitative estimate of drug-likeness (QED) is 0.748. The number of nitrogens with one attached hydrogen (secondary N) is 1. The van der Waals surface area contributed by atoms with Crippen LogP contribution in [0.5, 0.6) is 0 Å². The number of nitrogens with zero attached hydrogens (tertiary/aromatic N) is 1. The van der Waals surface area contributed by atoms with Gasteiger partial charge in [-0.1, -0.05) is 32.9 Å². The van der Waals surface area contributed by atoms with Crippen LogP contribution in [0.3, 0.4) is 0 Å². The standard InChI is InChI=1S/C19H29FN2O2/c1-5-8-18(23)22(13-15-9-11-16(20)12-10-15)17(7-3)19(24)21-14(4)6-2/h9-12,14,17H,5-8,13H2,1-4H3,(H,21,24)/t14-,17+/m1/s1. The molecule has 0 radical (unpaired) electrons. The predicted molar refractivity (Wildman–Crippen MR) is 93.8 cm³/mol. The summed E-state index contributed by atoms with van der Waals surface area (Å²) in [6.07, 6.45) is 2.50. The Labute approximate surface area is 144 Å². The van der Waals surface area contributed by atoms with E-state index in [0.29, 0.717) is 19.4 Å². The third kappa shape index (κ3) is 5.95. The summed E-state index contributed by atoms with van der Waals surface area (Å²) in [4.78, 5) is 26.7. The Morgan fingerprint density at radius 3 is 2.25 bits per heavy atom. The maximum atomic E-state index is 13.1. The minimum Gasteiger partial charge on any atom is -0.352 e. The summed E-state index contributed by atoms with van der Waals surface area (Å²) in [5.41, 5.74) is 0.815. The fourth-order valence-electron chi connectivity index (χ4n) is 2.50. The molecule has 0 unspecified atom stereocenters. The molecule has 1 N–H and O–H groups in total. The van der Waals surface area contributed by atoms with Crippen LogP contribution in [0.4, 0.5) is 4.39 Å². The number of benzene rings is 1. The van der Waals surface area contributed by atoms with Crippen molar-refractivity contribution in [1.29, 1.82) is 0 Å². The number of rotatable bonds is 9. The van der Waals surface area contributed by atoms with Gasteiger partial charge in [0.2, 0.25) is 11.8 Å². The van der Waals surface area contributed by atoms with E-state index in [1.807, 2.05) is 27.7 Å². The molecule has 1 aromatic carbocycles. The van der Waals surface area contributed by atoms with Crippen molar-refractivity contribution < 1.29 is 14.0 Å². The Morgan fingerprint density at radius 2 is 1.75 bits per heavy atom. The van der Waals surface area contributed by atoms with Crippen molar-refractivity contribution in [3.05, 3.63) is 35.6 Å². The smallest absolute Gasteiger partial charge is 0.243 e. The molecule has 5 heteroatoms. The van der Waals surface area contributed by atoms with E-state index in [1.165, 1.54) is 12.1 Å². The lowest BCUT2D eigenvalue weighted by Crippen LogP contribution is -2.50. The van der Waals surface area contributed by atoms with Crippen LogP contribution < -0.4 is 5.32 Å². The topological polar surface area (TPSA) is 49.4 Å². The second-order valence-electron chi connectivity index (χ2n) is 6.14. The van der Waals surface area contributed by atoms with Gasteiger partial charge in [0.15, 0.2) is 0 Å². The van der Waals surface area contributed by atoms with Crippen molar-refractivity contribution in [1.82, 2.24) is 10.2 Å². The van der Waals surface area contributed by atoms with Crippen LogP contribution in [0.15, 0.2) is 24.3 Å². The summed E-state index contributed by atoms with van der Waals surface area (Å²) in [5.74, 6) is -0.488. The third-order valence-corrected chi connectivity index (χ3v) is 4.12. The molecule has 134 valence electrons. The van der Waals surface area contributed by atoms with Gasteiger partial charge in [-0.05, 0) is 43.9 Å². The number of halogens is 1. The van der Waals surface area contributed by atoms with Crippen molar-refractivity contribution >= 4 is 11.8 Å². The number of hydrogen-bond acceptors (Lipinski definition) is 2. The summed E-state index contributed by atoms with van der Waals surface area (Å²) in [6, 6.07) is 5.61. The molecular weight excluding hydrogens is 307 g/mol. The number of amides is 2. The van der Waals surface area contributed by atoms with Crippen molar-refractivity contribution in [2.45, 2.75) is 72.0 Å². The first-order valence-electron chi connectivity index (χ1n) is 8.77. The zero-order chi connectivity index (χ0) is 18.1. The fraction of sp³-hybridized carbons (Fsp3) is 0.579. The van der Waals surface area contributed by atoms with Gasteiger partial charge in [0.25, 0.3) is 0 Å². The van der Waals surface area contributed by atoms with Gasteiger partial charge < -0.3 is 10.2 Å². The fourth-order valence-corrected chi connectivity index (χ4v) is 2.50. The van der Waals surface area contributed by atoms with Gasteiger partial charge in [0, 0.05) is 19.0 Å². The summed E-state index contributed by atoms with van der Waals surface area (Å²) in [5, 5.41) is 2.96. The van der Waals surface area contributed by atoms with Crippen molar-refractivity contribution in [3.8, 4) is 0 Å². The van der Waals surface area contributed by atoms with Gasteiger partial charge in [-0.25, -0.2) is 4.39 Å². The minimum absolute atomic E-state index is 0.0482. The van der Waals surface area contributed by atoms with Crippen LogP contribution in [0, 0.1) is 5.82 Å². The molecule has 24 heavy (non-hydrogen) atoms. The summed E-state index contributed by atoms with van der Waals surface area (Å²) in [7, 11) is 0. The highest BCUT2D eigenvalue weighted by atomic mass is 19.1. The van der Waals surface area contributed by atoms with Crippen LogP contribution in [-0.4, -0.2) is 28.8 Å². The van der Waals surface area contributed by atoms with Crippen LogP contribution in [-0.2, 0) is 16.1 Å². The summed E-state index contributed by atoms with van der Waals surface area (Å²) < 4.78 is 13.1. The molecule has 2 atom stereocenters. The van der Waals surface area contributed by atoms with Gasteiger partial charge in [-0.2, -0.15) is 0 Å². The zero-order valence-electron chi connectivity index (χ0n) is 15.1. The van der Waals surface area contributed by atoms with E-state index in [-0.39, 0.29) is 23.7 Å². The molecule has 0 spiro atoms. The van der Waals surface area contributed by atoms with E-state index < -0.39 is 6.04 Å². The molecule has 0 aliphatic heterocycles. The first kappa shape index (κ1) is 20.1. The maximum Gasteiger partial charge on any atom is 0.243 e. The second kappa shape index (κ2) is 10.1. The second-order valence-corrected chi connectivity index (χ2v) is 6.14. The molecule has 0 aliphatic rings.